The van der Waals surface area contributed by atoms with Crippen molar-refractivity contribution < 1.29 is 31.9 Å². The van der Waals surface area contributed by atoms with Crippen molar-refractivity contribution in [2.45, 2.75) is 24.6 Å². The molecule has 1 aliphatic heterocycles. The van der Waals surface area contributed by atoms with Crippen LogP contribution in [-0.2, 0) is 6.42 Å². The van der Waals surface area contributed by atoms with Crippen LogP contribution >= 0.6 is 0 Å². The van der Waals surface area contributed by atoms with Crippen LogP contribution in [0.25, 0.3) is 0 Å². The van der Waals surface area contributed by atoms with Gasteiger partial charge in [0, 0.05) is 12.1 Å². The number of fused-ring (bicyclic) bond motifs is 1. The summed E-state index contributed by atoms with van der Waals surface area (Å²) in [4.78, 5) is 11.5. The zero-order valence-corrected chi connectivity index (χ0v) is 9.97. The van der Waals surface area contributed by atoms with E-state index in [2.05, 4.69) is 5.32 Å². The third-order valence-electron chi connectivity index (χ3n) is 3.10. The Balaban J connectivity index is 2.39. The Hall–Kier alpha value is -1.70. The second-order valence-electron chi connectivity index (χ2n) is 4.45. The first-order chi connectivity index (χ1) is 9.14. The summed E-state index contributed by atoms with van der Waals surface area (Å²) in [6.45, 7) is 0.368. The first kappa shape index (κ1) is 14.7. The summed E-state index contributed by atoms with van der Waals surface area (Å²) >= 11 is 0. The Bertz CT molecular complexity index is 541. The molecule has 0 aromatic heterocycles. The first-order valence-electron chi connectivity index (χ1n) is 5.68. The number of hydrogen-bond acceptors (Lipinski definition) is 2. The second kappa shape index (κ2) is 4.69. The Morgan fingerprint density at radius 1 is 1.20 bits per heavy atom. The lowest BCUT2D eigenvalue weighted by molar-refractivity contribution is -0.315. The molecular formula is C12H10F5NO2. The van der Waals surface area contributed by atoms with E-state index >= 15 is 0 Å². The maximum atomic E-state index is 13.1. The largest absolute Gasteiger partial charge is 0.456 e. The van der Waals surface area contributed by atoms with E-state index in [-0.39, 0.29) is 5.56 Å². The predicted molar refractivity (Wildman–Crippen MR) is 58.4 cm³/mol. The van der Waals surface area contributed by atoms with E-state index < -0.39 is 29.7 Å². The zero-order valence-electron chi connectivity index (χ0n) is 9.97. The molecule has 0 aliphatic carbocycles. The number of amides is 1. The van der Waals surface area contributed by atoms with Crippen LogP contribution in [0.1, 0.15) is 27.6 Å². The molecule has 1 atom stereocenters. The molecule has 2 rings (SSSR count). The van der Waals surface area contributed by atoms with E-state index in [0.717, 1.165) is 12.1 Å². The maximum Gasteiger partial charge on any atom is 0.456 e. The van der Waals surface area contributed by atoms with Gasteiger partial charge in [-0.1, -0.05) is 12.1 Å². The molecule has 0 spiro atoms. The Morgan fingerprint density at radius 3 is 2.45 bits per heavy atom. The molecule has 1 heterocycles. The fourth-order valence-corrected chi connectivity index (χ4v) is 1.96. The fourth-order valence-electron chi connectivity index (χ4n) is 1.96. The lowest BCUT2D eigenvalue weighted by atomic mass is 9.94. The van der Waals surface area contributed by atoms with Gasteiger partial charge in [-0.05, 0) is 23.6 Å². The highest BCUT2D eigenvalue weighted by atomic mass is 19.4. The van der Waals surface area contributed by atoms with E-state index in [0.29, 0.717) is 18.5 Å². The number of alkyl halides is 5. The van der Waals surface area contributed by atoms with Crippen molar-refractivity contribution in [2.24, 2.45) is 0 Å². The van der Waals surface area contributed by atoms with Crippen LogP contribution in [0.15, 0.2) is 18.2 Å². The minimum atomic E-state index is -5.87. The summed E-state index contributed by atoms with van der Waals surface area (Å²) in [5.74, 6) is -5.84. The van der Waals surface area contributed by atoms with Crippen LogP contribution in [0.2, 0.25) is 0 Å². The third-order valence-corrected chi connectivity index (χ3v) is 3.10. The third kappa shape index (κ3) is 2.35. The van der Waals surface area contributed by atoms with Crippen molar-refractivity contribution in [3.8, 4) is 0 Å². The summed E-state index contributed by atoms with van der Waals surface area (Å²) in [5.41, 5.74) is -0.103. The zero-order chi connectivity index (χ0) is 15.1. The summed E-state index contributed by atoms with van der Waals surface area (Å²) in [5, 5.41) is 11.7. The topological polar surface area (TPSA) is 49.3 Å². The molecule has 1 unspecified atom stereocenters. The number of aliphatic hydroxyl groups is 1. The van der Waals surface area contributed by atoms with Gasteiger partial charge >= 0.3 is 12.1 Å². The molecule has 0 saturated heterocycles. The van der Waals surface area contributed by atoms with Gasteiger partial charge in [-0.25, -0.2) is 0 Å². The van der Waals surface area contributed by atoms with Gasteiger partial charge in [0.1, 0.15) is 0 Å². The van der Waals surface area contributed by atoms with Gasteiger partial charge in [-0.15, -0.1) is 0 Å². The van der Waals surface area contributed by atoms with Crippen LogP contribution in [0.4, 0.5) is 22.0 Å². The normalized spacial score (nSPS) is 17.4. The molecule has 110 valence electrons. The standard InChI is InChI=1S/C12H10F5NO2/c13-11(14,12(15,16)17)9(19)7-2-1-6-3-4-18-10(20)8(6)5-7/h1-2,5,9,19H,3-4H2,(H,18,20). The molecule has 8 heteroatoms. The lowest BCUT2D eigenvalue weighted by Gasteiger charge is -2.26. The van der Waals surface area contributed by atoms with Crippen molar-refractivity contribution in [3.63, 3.8) is 0 Å². The number of nitrogens with one attached hydrogen (secondary N) is 1. The van der Waals surface area contributed by atoms with Gasteiger partial charge in [-0.3, -0.25) is 4.79 Å². The molecule has 1 aromatic carbocycles. The van der Waals surface area contributed by atoms with Crippen LogP contribution in [0.5, 0.6) is 0 Å². The predicted octanol–water partition coefficient (Wildman–Crippen LogP) is 2.20. The molecule has 1 amide bonds. The maximum absolute atomic E-state index is 13.1. The minimum Gasteiger partial charge on any atom is -0.382 e. The Morgan fingerprint density at radius 2 is 1.85 bits per heavy atom. The molecule has 0 saturated carbocycles. The monoisotopic (exact) mass is 295 g/mol. The summed E-state index contributed by atoms with van der Waals surface area (Å²) in [7, 11) is 0. The number of carbonyl (C=O) groups is 1. The van der Waals surface area contributed by atoms with Gasteiger partial charge in [-0.2, -0.15) is 22.0 Å². The average Bonchev–Trinajstić information content (AvgIpc) is 2.36. The average molecular weight is 295 g/mol. The molecule has 0 radical (unpaired) electrons. The van der Waals surface area contributed by atoms with E-state index in [9.17, 15) is 31.9 Å². The van der Waals surface area contributed by atoms with Crippen molar-refractivity contribution >= 4 is 5.91 Å². The minimum absolute atomic E-state index is 0.00535. The number of rotatable bonds is 2. The van der Waals surface area contributed by atoms with Gasteiger partial charge in [0.2, 0.25) is 0 Å². The van der Waals surface area contributed by atoms with Crippen LogP contribution in [-0.4, -0.2) is 29.7 Å². The van der Waals surface area contributed by atoms with Crippen molar-refractivity contribution in [1.82, 2.24) is 5.32 Å². The quantitative estimate of drug-likeness (QED) is 0.822. The van der Waals surface area contributed by atoms with E-state index in [1.54, 1.807) is 0 Å². The molecule has 1 aromatic rings. The van der Waals surface area contributed by atoms with Crippen LogP contribution in [0.3, 0.4) is 0 Å². The van der Waals surface area contributed by atoms with Crippen molar-refractivity contribution in [1.29, 1.82) is 0 Å². The van der Waals surface area contributed by atoms with Gasteiger partial charge in [0.15, 0.2) is 6.10 Å². The molecule has 2 N–H and O–H groups in total. The molecule has 0 bridgehead atoms. The van der Waals surface area contributed by atoms with E-state index in [4.69, 9.17) is 0 Å². The Kier molecular flexibility index (Phi) is 3.45. The molecule has 3 nitrogen and oxygen atoms in total. The van der Waals surface area contributed by atoms with E-state index in [1.807, 2.05) is 0 Å². The number of carbonyl (C=O) groups excluding carboxylic acids is 1. The molecular weight excluding hydrogens is 285 g/mol. The first-order valence-corrected chi connectivity index (χ1v) is 5.68. The van der Waals surface area contributed by atoms with Gasteiger partial charge < -0.3 is 10.4 Å². The number of aliphatic hydroxyl groups excluding tert-OH is 1. The summed E-state index contributed by atoms with van der Waals surface area (Å²) < 4.78 is 62.7. The van der Waals surface area contributed by atoms with E-state index in [1.165, 1.54) is 6.07 Å². The Labute approximate surface area is 110 Å². The van der Waals surface area contributed by atoms with Crippen LogP contribution < -0.4 is 5.32 Å². The number of halogens is 5. The lowest BCUT2D eigenvalue weighted by Crippen LogP contribution is -2.42. The number of benzene rings is 1. The summed E-state index contributed by atoms with van der Waals surface area (Å²) in [6, 6.07) is 3.12. The highest BCUT2D eigenvalue weighted by molar-refractivity contribution is 5.96. The SMILES string of the molecule is O=C1NCCc2ccc(C(O)C(F)(F)C(F)(F)F)cc21. The summed E-state index contributed by atoms with van der Waals surface area (Å²) in [6.07, 6.45) is -8.47. The van der Waals surface area contributed by atoms with Gasteiger partial charge in [0.25, 0.3) is 5.91 Å². The van der Waals surface area contributed by atoms with Crippen molar-refractivity contribution in [3.05, 3.63) is 34.9 Å². The molecule has 0 fully saturated rings. The van der Waals surface area contributed by atoms with Crippen LogP contribution in [0, 0.1) is 0 Å². The van der Waals surface area contributed by atoms with Crippen molar-refractivity contribution in [2.75, 3.05) is 6.54 Å². The highest BCUT2D eigenvalue weighted by Gasteiger charge is 2.62. The second-order valence-corrected chi connectivity index (χ2v) is 4.45. The highest BCUT2D eigenvalue weighted by Crippen LogP contribution is 2.44. The molecule has 20 heavy (non-hydrogen) atoms. The molecule has 1 aliphatic rings. The van der Waals surface area contributed by atoms with Gasteiger partial charge in [0.05, 0.1) is 0 Å². The fraction of sp³-hybridized carbons (Fsp3) is 0.417. The number of hydrogen-bond donors (Lipinski definition) is 2. The smallest absolute Gasteiger partial charge is 0.382 e.